The molecule has 7 nitrogen and oxygen atoms in total. The number of amides is 2. The molecular formula is C26H30N4O3. The number of nitrogens with one attached hydrogen (secondary N) is 1. The van der Waals surface area contributed by atoms with Crippen molar-refractivity contribution in [1.29, 1.82) is 0 Å². The normalized spacial score (nSPS) is 14.3. The van der Waals surface area contributed by atoms with Gasteiger partial charge < -0.3 is 15.0 Å². The number of ether oxygens (including phenoxy) is 1. The summed E-state index contributed by atoms with van der Waals surface area (Å²) in [6, 6.07) is 13.2. The number of aryl methyl sites for hydroxylation is 3. The molecule has 2 amide bonds. The number of carbonyl (C=O) groups excluding carboxylic acids is 2. The Bertz CT molecular complexity index is 1170. The highest BCUT2D eigenvalue weighted by molar-refractivity contribution is 5.97. The van der Waals surface area contributed by atoms with E-state index in [-0.39, 0.29) is 24.5 Å². The molecule has 0 bridgehead atoms. The Morgan fingerprint density at radius 1 is 1.03 bits per heavy atom. The van der Waals surface area contributed by atoms with Crippen molar-refractivity contribution in [2.45, 2.75) is 46.1 Å². The number of hydrogen-bond donors (Lipinski definition) is 1. The van der Waals surface area contributed by atoms with E-state index in [9.17, 15) is 9.59 Å². The summed E-state index contributed by atoms with van der Waals surface area (Å²) < 4.78 is 5.77. The van der Waals surface area contributed by atoms with Gasteiger partial charge in [0, 0.05) is 24.7 Å². The molecule has 1 aromatic heterocycles. The smallest absolute Gasteiger partial charge is 0.260 e. The molecule has 1 fully saturated rings. The molecule has 0 aliphatic carbocycles. The second kappa shape index (κ2) is 9.98. The van der Waals surface area contributed by atoms with Gasteiger partial charge in [0.25, 0.3) is 11.8 Å². The summed E-state index contributed by atoms with van der Waals surface area (Å²) in [5.74, 6) is 0.617. The highest BCUT2D eigenvalue weighted by atomic mass is 16.5. The van der Waals surface area contributed by atoms with E-state index in [1.807, 2.05) is 49.1 Å². The quantitative estimate of drug-likeness (QED) is 0.625. The lowest BCUT2D eigenvalue weighted by Crippen LogP contribution is -2.47. The molecule has 1 saturated heterocycles. The molecule has 0 spiro atoms. The maximum atomic E-state index is 12.8. The summed E-state index contributed by atoms with van der Waals surface area (Å²) >= 11 is 0. The standard InChI is InChI=1S/C26H30N4O3/c1-4-19-7-5-6-8-24(19)33-16-25(31)30-13-11-21(12-14-30)29-26(32)20-9-10-22-23(15-20)28-18(3)17(2)27-22/h5-10,15,21H,4,11-14,16H2,1-3H3,(H,29,32). The molecular weight excluding hydrogens is 416 g/mol. The molecule has 2 aromatic carbocycles. The molecule has 0 saturated carbocycles. The molecule has 0 radical (unpaired) electrons. The average molecular weight is 447 g/mol. The zero-order valence-electron chi connectivity index (χ0n) is 19.4. The van der Waals surface area contributed by atoms with Crippen LogP contribution >= 0.6 is 0 Å². The average Bonchev–Trinajstić information content (AvgIpc) is 2.83. The van der Waals surface area contributed by atoms with E-state index < -0.39 is 0 Å². The summed E-state index contributed by atoms with van der Waals surface area (Å²) in [4.78, 5) is 36.3. The van der Waals surface area contributed by atoms with E-state index in [1.54, 1.807) is 12.1 Å². The molecule has 172 valence electrons. The number of hydrogen-bond acceptors (Lipinski definition) is 5. The number of likely N-dealkylation sites (tertiary alicyclic amines) is 1. The second-order valence-electron chi connectivity index (χ2n) is 8.48. The van der Waals surface area contributed by atoms with E-state index in [0.29, 0.717) is 31.5 Å². The van der Waals surface area contributed by atoms with Crippen molar-refractivity contribution in [2.75, 3.05) is 19.7 Å². The maximum Gasteiger partial charge on any atom is 0.260 e. The van der Waals surface area contributed by atoms with Gasteiger partial charge in [-0.1, -0.05) is 25.1 Å². The zero-order valence-corrected chi connectivity index (χ0v) is 19.4. The van der Waals surface area contributed by atoms with Crippen LogP contribution in [-0.4, -0.2) is 52.4 Å². The van der Waals surface area contributed by atoms with Gasteiger partial charge in [-0.05, 0) is 62.9 Å². The van der Waals surface area contributed by atoms with Crippen LogP contribution in [0.15, 0.2) is 42.5 Å². The third-order valence-electron chi connectivity index (χ3n) is 6.23. The highest BCUT2D eigenvalue weighted by Gasteiger charge is 2.24. The lowest BCUT2D eigenvalue weighted by Gasteiger charge is -2.32. The zero-order chi connectivity index (χ0) is 23.4. The number of para-hydroxylation sites is 1. The lowest BCUT2D eigenvalue weighted by atomic mass is 10.0. The predicted octanol–water partition coefficient (Wildman–Crippen LogP) is 3.61. The van der Waals surface area contributed by atoms with E-state index >= 15 is 0 Å². The first-order valence-electron chi connectivity index (χ1n) is 11.5. The van der Waals surface area contributed by atoms with E-state index in [4.69, 9.17) is 4.74 Å². The fourth-order valence-electron chi connectivity index (χ4n) is 4.08. The molecule has 2 heterocycles. The minimum atomic E-state index is -0.124. The first-order chi connectivity index (χ1) is 15.9. The van der Waals surface area contributed by atoms with Crippen molar-refractivity contribution in [3.8, 4) is 5.75 Å². The Balaban J connectivity index is 1.29. The van der Waals surface area contributed by atoms with Crippen LogP contribution in [0.1, 0.15) is 47.1 Å². The third kappa shape index (κ3) is 5.30. The topological polar surface area (TPSA) is 84.4 Å². The molecule has 0 atom stereocenters. The maximum absolute atomic E-state index is 12.8. The van der Waals surface area contributed by atoms with Gasteiger partial charge in [-0.2, -0.15) is 0 Å². The predicted molar refractivity (Wildman–Crippen MR) is 127 cm³/mol. The minimum absolute atomic E-state index is 0.0237. The van der Waals surface area contributed by atoms with Gasteiger partial charge in [0.2, 0.25) is 0 Å². The van der Waals surface area contributed by atoms with Crippen LogP contribution < -0.4 is 10.1 Å². The van der Waals surface area contributed by atoms with Gasteiger partial charge in [-0.25, -0.2) is 9.97 Å². The Morgan fingerprint density at radius 2 is 1.73 bits per heavy atom. The fourth-order valence-corrected chi connectivity index (χ4v) is 4.08. The Hall–Kier alpha value is -3.48. The van der Waals surface area contributed by atoms with Crippen molar-refractivity contribution in [3.63, 3.8) is 0 Å². The summed E-state index contributed by atoms with van der Waals surface area (Å²) in [5.41, 5.74) is 4.92. The second-order valence-corrected chi connectivity index (χ2v) is 8.48. The molecule has 33 heavy (non-hydrogen) atoms. The number of carbonyl (C=O) groups is 2. The summed E-state index contributed by atoms with van der Waals surface area (Å²) in [6.07, 6.45) is 2.29. The Labute approximate surface area is 194 Å². The molecule has 3 aromatic rings. The SMILES string of the molecule is CCc1ccccc1OCC(=O)N1CCC(NC(=O)c2ccc3nc(C)c(C)nc3c2)CC1. The Kier molecular flexibility index (Phi) is 6.87. The minimum Gasteiger partial charge on any atom is -0.483 e. The molecule has 7 heteroatoms. The molecule has 0 unspecified atom stereocenters. The van der Waals surface area contributed by atoms with Crippen LogP contribution in [0.2, 0.25) is 0 Å². The van der Waals surface area contributed by atoms with Gasteiger partial charge in [0.1, 0.15) is 5.75 Å². The van der Waals surface area contributed by atoms with E-state index in [2.05, 4.69) is 22.2 Å². The van der Waals surface area contributed by atoms with Crippen molar-refractivity contribution >= 4 is 22.8 Å². The molecule has 1 aliphatic rings. The lowest BCUT2D eigenvalue weighted by molar-refractivity contribution is -0.134. The molecule has 1 N–H and O–H groups in total. The Morgan fingerprint density at radius 3 is 2.45 bits per heavy atom. The van der Waals surface area contributed by atoms with Crippen LogP contribution in [0.3, 0.4) is 0 Å². The summed E-state index contributed by atoms with van der Waals surface area (Å²) in [6.45, 7) is 7.14. The van der Waals surface area contributed by atoms with Gasteiger partial charge >= 0.3 is 0 Å². The number of aromatic nitrogens is 2. The number of rotatable bonds is 6. The van der Waals surface area contributed by atoms with Crippen molar-refractivity contribution in [3.05, 3.63) is 65.0 Å². The largest absolute Gasteiger partial charge is 0.483 e. The number of fused-ring (bicyclic) bond motifs is 1. The number of nitrogens with zero attached hydrogens (tertiary/aromatic N) is 3. The highest BCUT2D eigenvalue weighted by Crippen LogP contribution is 2.19. The number of piperidine rings is 1. The first-order valence-corrected chi connectivity index (χ1v) is 11.5. The van der Waals surface area contributed by atoms with Crippen LogP contribution in [0.5, 0.6) is 5.75 Å². The van der Waals surface area contributed by atoms with Gasteiger partial charge in [-0.3, -0.25) is 9.59 Å². The van der Waals surface area contributed by atoms with E-state index in [1.165, 1.54) is 0 Å². The van der Waals surface area contributed by atoms with Crippen LogP contribution in [0, 0.1) is 13.8 Å². The van der Waals surface area contributed by atoms with Crippen LogP contribution in [0.4, 0.5) is 0 Å². The third-order valence-corrected chi connectivity index (χ3v) is 6.23. The van der Waals surface area contributed by atoms with Gasteiger partial charge in [-0.15, -0.1) is 0 Å². The van der Waals surface area contributed by atoms with Gasteiger partial charge in [0.15, 0.2) is 6.61 Å². The summed E-state index contributed by atoms with van der Waals surface area (Å²) in [7, 11) is 0. The molecule has 1 aliphatic heterocycles. The van der Waals surface area contributed by atoms with Crippen molar-refractivity contribution in [1.82, 2.24) is 20.2 Å². The monoisotopic (exact) mass is 446 g/mol. The summed E-state index contributed by atoms with van der Waals surface area (Å²) in [5, 5.41) is 3.10. The molecule has 4 rings (SSSR count). The number of benzene rings is 2. The first kappa shape index (κ1) is 22.7. The van der Waals surface area contributed by atoms with Crippen molar-refractivity contribution < 1.29 is 14.3 Å². The van der Waals surface area contributed by atoms with Crippen LogP contribution in [-0.2, 0) is 11.2 Å². The van der Waals surface area contributed by atoms with E-state index in [0.717, 1.165) is 40.2 Å². The van der Waals surface area contributed by atoms with Crippen LogP contribution in [0.25, 0.3) is 11.0 Å². The van der Waals surface area contributed by atoms with Gasteiger partial charge in [0.05, 0.1) is 22.4 Å². The fraction of sp³-hybridized carbons (Fsp3) is 0.385. The van der Waals surface area contributed by atoms with Crippen molar-refractivity contribution in [2.24, 2.45) is 0 Å².